The molecular formula is C74H54N16Pt2-6. The van der Waals surface area contributed by atoms with Crippen LogP contribution in [0.15, 0.2) is 231 Å². The zero-order chi connectivity index (χ0) is 60.7. The number of pyridine rings is 8. The molecule has 456 valence electrons. The summed E-state index contributed by atoms with van der Waals surface area (Å²) >= 11 is 0. The Labute approximate surface area is 561 Å². The number of hydrogen-bond acceptors (Lipinski definition) is 14. The van der Waals surface area contributed by atoms with Crippen LogP contribution in [0.3, 0.4) is 0 Å². The van der Waals surface area contributed by atoms with Gasteiger partial charge >= 0.3 is 0 Å². The van der Waals surface area contributed by atoms with Crippen molar-refractivity contribution in [1.82, 2.24) is 79.9 Å². The summed E-state index contributed by atoms with van der Waals surface area (Å²) in [4.78, 5) is 46.2. The predicted octanol–water partition coefficient (Wildman–Crippen LogP) is 11.3. The summed E-state index contributed by atoms with van der Waals surface area (Å²) in [5, 5.41) is 18.0. The second kappa shape index (κ2) is 21.9. The molecule has 0 saturated carbocycles. The van der Waals surface area contributed by atoms with Gasteiger partial charge in [-0.3, -0.25) is 39.9 Å². The average molecular weight is 1560 g/mol. The number of aromatic nitrogens is 12. The minimum absolute atomic E-state index is 0. The van der Waals surface area contributed by atoms with Gasteiger partial charge in [0.05, 0.1) is 21.9 Å². The molecule has 18 heteroatoms. The Hall–Kier alpha value is -9.88. The van der Waals surface area contributed by atoms with Crippen LogP contribution in [0, 0.1) is 25.5 Å². The summed E-state index contributed by atoms with van der Waals surface area (Å²) in [7, 11) is 4.18. The van der Waals surface area contributed by atoms with Crippen LogP contribution in [0.2, 0.25) is 0 Å². The van der Waals surface area contributed by atoms with Gasteiger partial charge in [-0.2, -0.15) is 74.3 Å². The van der Waals surface area contributed by atoms with E-state index in [9.17, 15) is 0 Å². The smallest absolute Gasteiger partial charge is 0.0718 e. The summed E-state index contributed by atoms with van der Waals surface area (Å²) in [5.74, 6) is 0. The van der Waals surface area contributed by atoms with E-state index < -0.39 is 21.9 Å². The SMILES string of the molecule is CC1=C(C)N(C2(c3[c-]c(C4(c5cc[n-]n5)c5cnccc5-c5ccncc54)ccc3)c3cnccc3-c3ccncc32)[CH-]N1C.CC1=C(C)N(C2(c3[c-]c(C4(c5cc[n-]n5)c5cnccc5-c5ccncc54)ccc3)c3cnccc3-c3ccncc32)[CH-]N1C.[Pt].[Pt]. The Morgan fingerprint density at radius 1 is 0.337 bits per heavy atom. The van der Waals surface area contributed by atoms with Crippen molar-refractivity contribution >= 4 is 0 Å². The van der Waals surface area contributed by atoms with Crippen LogP contribution < -0.4 is 10.2 Å². The molecule has 0 atom stereocenters. The third-order valence-corrected chi connectivity index (χ3v) is 19.9. The molecule has 0 saturated heterocycles. The molecule has 12 aromatic rings. The third-order valence-electron chi connectivity index (χ3n) is 19.9. The number of nitrogens with zero attached hydrogens (tertiary/aromatic N) is 16. The quantitative estimate of drug-likeness (QED) is 0.132. The van der Waals surface area contributed by atoms with Crippen molar-refractivity contribution < 1.29 is 42.1 Å². The van der Waals surface area contributed by atoms with Crippen molar-refractivity contribution in [2.24, 2.45) is 0 Å². The normalized spacial score (nSPS) is 16.5. The maximum Gasteiger partial charge on any atom is 0.0718 e. The van der Waals surface area contributed by atoms with Gasteiger partial charge in [-0.1, -0.05) is 12.1 Å². The summed E-state index contributed by atoms with van der Waals surface area (Å²) in [6, 6.07) is 41.6. The van der Waals surface area contributed by atoms with Gasteiger partial charge in [-0.15, -0.1) is 22.3 Å². The molecule has 12 heterocycles. The fourth-order valence-corrected chi connectivity index (χ4v) is 15.6. The molecule has 2 aromatic carbocycles. The van der Waals surface area contributed by atoms with E-state index in [0.717, 1.165) is 134 Å². The van der Waals surface area contributed by atoms with E-state index >= 15 is 0 Å². The Bertz CT molecular complexity index is 4470. The fraction of sp³-hybridized carbons (Fsp3) is 0.135. The second-order valence-corrected chi connectivity index (χ2v) is 23.6. The minimum atomic E-state index is -0.818. The monoisotopic (exact) mass is 1560 g/mol. The van der Waals surface area contributed by atoms with Gasteiger partial charge in [0.25, 0.3) is 0 Å². The molecular weight excluding hydrogens is 1500 g/mol. The van der Waals surface area contributed by atoms with Crippen LogP contribution in [0.4, 0.5) is 0 Å². The van der Waals surface area contributed by atoms with Gasteiger partial charge in [-0.25, -0.2) is 0 Å². The molecule has 2 aliphatic heterocycles. The van der Waals surface area contributed by atoms with Crippen molar-refractivity contribution in [1.29, 1.82) is 0 Å². The van der Waals surface area contributed by atoms with E-state index in [0.29, 0.717) is 0 Å². The fourth-order valence-electron chi connectivity index (χ4n) is 15.6. The van der Waals surface area contributed by atoms with Crippen LogP contribution in [0.5, 0.6) is 0 Å². The molecule has 0 N–H and O–H groups in total. The maximum atomic E-state index is 4.69. The zero-order valence-corrected chi connectivity index (χ0v) is 55.1. The molecule has 6 aliphatic rings. The van der Waals surface area contributed by atoms with Gasteiger partial charge in [-0.05, 0) is 180 Å². The Balaban J connectivity index is 0.000000149. The topological polar surface area (TPSA) is 170 Å². The molecule has 18 rings (SSSR count). The van der Waals surface area contributed by atoms with Crippen LogP contribution in [0.25, 0.3) is 44.5 Å². The molecule has 0 radical (unpaired) electrons. The molecule has 0 amide bonds. The Morgan fingerprint density at radius 3 is 0.848 bits per heavy atom. The summed E-state index contributed by atoms with van der Waals surface area (Å²) in [6.45, 7) is 13.0. The maximum absolute atomic E-state index is 4.69. The van der Waals surface area contributed by atoms with Crippen LogP contribution >= 0.6 is 0 Å². The first-order valence-corrected chi connectivity index (χ1v) is 29.8. The largest absolute Gasteiger partial charge is 0.581 e. The molecule has 0 spiro atoms. The first kappa shape index (κ1) is 58.5. The number of allylic oxidation sites excluding steroid dienone is 4. The van der Waals surface area contributed by atoms with Gasteiger partial charge < -0.3 is 40.0 Å². The first-order chi connectivity index (χ1) is 44.1. The van der Waals surface area contributed by atoms with Gasteiger partial charge in [0.2, 0.25) is 0 Å². The van der Waals surface area contributed by atoms with E-state index in [-0.39, 0.29) is 42.1 Å². The molecule has 92 heavy (non-hydrogen) atoms. The number of hydrogen-bond donors (Lipinski definition) is 0. The second-order valence-electron chi connectivity index (χ2n) is 23.6. The molecule has 10 aromatic heterocycles. The standard InChI is InChI=1S/2C37H27N8.2Pt/c2*1-23-24(2)45(22-44(23)3)37(33-20-40-14-9-29(33)30-10-15-41-21-34(30)37)26-6-4-5-25(17-26)36(35-11-16-42-43-35)31-18-38-12-7-27(31)28-8-13-39-19-32(28)36;;/h2*4-16,18-22H,1-3H3;;/q2*-3;;. The summed E-state index contributed by atoms with van der Waals surface area (Å²) in [5.41, 5.74) is 24.3. The van der Waals surface area contributed by atoms with E-state index in [1.165, 1.54) is 11.4 Å². The molecule has 0 fully saturated rings. The van der Waals surface area contributed by atoms with Crippen LogP contribution in [-0.4, -0.2) is 83.8 Å². The van der Waals surface area contributed by atoms with Crippen molar-refractivity contribution in [3.63, 3.8) is 0 Å². The van der Waals surface area contributed by atoms with Gasteiger partial charge in [0.1, 0.15) is 0 Å². The van der Waals surface area contributed by atoms with Crippen molar-refractivity contribution in [3.05, 3.63) is 335 Å². The number of benzene rings is 2. The zero-order valence-electron chi connectivity index (χ0n) is 50.6. The predicted molar refractivity (Wildman–Crippen MR) is 338 cm³/mol. The summed E-state index contributed by atoms with van der Waals surface area (Å²) < 4.78 is 0. The third kappa shape index (κ3) is 7.65. The minimum Gasteiger partial charge on any atom is -0.581 e. The van der Waals surface area contributed by atoms with Crippen molar-refractivity contribution in [3.8, 4) is 44.5 Å². The van der Waals surface area contributed by atoms with Crippen LogP contribution in [-0.2, 0) is 64.0 Å². The number of fused-ring (bicyclic) bond motifs is 12. The molecule has 0 bridgehead atoms. The average Bonchev–Trinajstić information content (AvgIpc) is 1.52. The van der Waals surface area contributed by atoms with Gasteiger partial charge in [0, 0.05) is 175 Å². The van der Waals surface area contributed by atoms with Crippen molar-refractivity contribution in [2.45, 2.75) is 49.6 Å². The van der Waals surface area contributed by atoms with Crippen LogP contribution in [0.1, 0.15) is 106 Å². The Morgan fingerprint density at radius 2 is 0.598 bits per heavy atom. The van der Waals surface area contributed by atoms with Crippen molar-refractivity contribution in [2.75, 3.05) is 14.1 Å². The number of rotatable bonds is 8. The van der Waals surface area contributed by atoms with Gasteiger partial charge in [0.15, 0.2) is 0 Å². The van der Waals surface area contributed by atoms with E-state index in [2.05, 4.69) is 222 Å². The molecule has 0 unspecified atom stereocenters. The van der Waals surface area contributed by atoms with E-state index in [1.54, 1.807) is 12.4 Å². The molecule has 4 aliphatic carbocycles. The van der Waals surface area contributed by atoms with E-state index in [1.807, 2.05) is 111 Å². The first-order valence-electron chi connectivity index (χ1n) is 29.8. The summed E-state index contributed by atoms with van der Waals surface area (Å²) in [6.07, 6.45) is 34.1. The van der Waals surface area contributed by atoms with E-state index in [4.69, 9.17) is 10.2 Å². The molecule has 16 nitrogen and oxygen atoms in total. The Kier molecular flexibility index (Phi) is 13.9.